The van der Waals surface area contributed by atoms with Gasteiger partial charge < -0.3 is 28.8 Å². The Morgan fingerprint density at radius 2 is 1.40 bits per heavy atom. The number of amidine groups is 1. The van der Waals surface area contributed by atoms with Crippen molar-refractivity contribution in [2.45, 2.75) is 71.1 Å². The van der Waals surface area contributed by atoms with Crippen LogP contribution in [0.5, 0.6) is 0 Å². The van der Waals surface area contributed by atoms with Gasteiger partial charge in [0.2, 0.25) is 17.8 Å². The minimum absolute atomic E-state index is 0.0661. The van der Waals surface area contributed by atoms with Crippen LogP contribution in [0.25, 0.3) is 5.70 Å². The highest BCUT2D eigenvalue weighted by Crippen LogP contribution is 2.40. The van der Waals surface area contributed by atoms with Crippen molar-refractivity contribution in [3.63, 3.8) is 0 Å². The molecule has 4 aliphatic heterocycles. The number of benzene rings is 2. The van der Waals surface area contributed by atoms with Crippen LogP contribution in [0.15, 0.2) is 118 Å². The standard InChI is InChI=1S/C44H42FN9O3/c1-26-11-17-39(56-26)46-34-21-29(28-9-5-3-6-10-28)13-15-32(34)36-23-31-24-37(49-44-52-41(42-50-38(45)25-55-42)51-43(48-36)54(31)44)33-16-14-30(53-19-7-4-8-20-53)22-35(33)47-40-18-12-27(2)57-40/h11-18,21-25,28,46-47H,3-10,19-20H2,1-2H3. The van der Waals surface area contributed by atoms with E-state index in [0.717, 1.165) is 77.6 Å². The van der Waals surface area contributed by atoms with Crippen molar-refractivity contribution in [2.75, 3.05) is 28.6 Å². The van der Waals surface area contributed by atoms with Crippen LogP contribution in [0, 0.1) is 19.8 Å². The zero-order valence-corrected chi connectivity index (χ0v) is 31.9. The number of aliphatic imine (C=N–C) groups is 4. The van der Waals surface area contributed by atoms with Gasteiger partial charge in [-0.3, -0.25) is 0 Å². The van der Waals surface area contributed by atoms with Crippen molar-refractivity contribution >= 4 is 58.0 Å². The molecule has 5 aromatic rings. The molecule has 1 saturated heterocycles. The van der Waals surface area contributed by atoms with Crippen molar-refractivity contribution in [2.24, 2.45) is 20.0 Å². The van der Waals surface area contributed by atoms with E-state index in [1.54, 1.807) is 4.90 Å². The molecule has 2 fully saturated rings. The number of guanidine groups is 2. The van der Waals surface area contributed by atoms with E-state index in [-0.39, 0.29) is 11.7 Å². The molecule has 1 saturated carbocycles. The number of nitrogens with one attached hydrogen (secondary N) is 2. The topological polar surface area (TPSA) is 132 Å². The summed E-state index contributed by atoms with van der Waals surface area (Å²) in [6, 6.07) is 20.7. The Kier molecular flexibility index (Phi) is 8.91. The second-order valence-electron chi connectivity index (χ2n) is 15.2. The monoisotopic (exact) mass is 763 g/mol. The maximum absolute atomic E-state index is 14.2. The fraction of sp³-hybridized carbons (Fsp3) is 0.295. The molecule has 57 heavy (non-hydrogen) atoms. The molecule has 0 bridgehead atoms. The van der Waals surface area contributed by atoms with Crippen LogP contribution in [-0.2, 0) is 0 Å². The zero-order valence-electron chi connectivity index (χ0n) is 31.9. The maximum atomic E-state index is 14.2. The number of hydrogen-bond donors (Lipinski definition) is 2. The zero-order chi connectivity index (χ0) is 38.5. The summed E-state index contributed by atoms with van der Waals surface area (Å²) in [5.74, 6) is 3.22. The molecule has 13 heteroatoms. The van der Waals surface area contributed by atoms with E-state index in [2.05, 4.69) is 56.9 Å². The predicted octanol–water partition coefficient (Wildman–Crippen LogP) is 10.4. The first-order valence-electron chi connectivity index (χ1n) is 19.8. The van der Waals surface area contributed by atoms with Gasteiger partial charge in [0.05, 0.1) is 28.5 Å². The van der Waals surface area contributed by atoms with Gasteiger partial charge in [-0.25, -0.2) is 14.9 Å². The Bertz CT molecular complexity index is 2450. The average Bonchev–Trinajstić information content (AvgIpc) is 3.98. The van der Waals surface area contributed by atoms with Crippen molar-refractivity contribution in [1.29, 1.82) is 0 Å². The quantitative estimate of drug-likeness (QED) is 0.152. The number of furan rings is 2. The normalized spacial score (nSPS) is 18.2. The molecule has 0 radical (unpaired) electrons. The summed E-state index contributed by atoms with van der Waals surface area (Å²) in [5, 5.41) is 7.08. The number of oxazole rings is 1. The lowest BCUT2D eigenvalue weighted by Crippen LogP contribution is -2.42. The van der Waals surface area contributed by atoms with Crippen LogP contribution in [0.1, 0.15) is 91.4 Å². The highest BCUT2D eigenvalue weighted by Gasteiger charge is 2.35. The number of rotatable bonds is 9. The molecule has 288 valence electrons. The summed E-state index contributed by atoms with van der Waals surface area (Å²) in [5.41, 5.74) is 7.93. The number of aromatic nitrogens is 1. The van der Waals surface area contributed by atoms with Gasteiger partial charge in [-0.05, 0) is 106 Å². The summed E-state index contributed by atoms with van der Waals surface area (Å²) < 4.78 is 31.6. The Labute approximate surface area is 329 Å². The summed E-state index contributed by atoms with van der Waals surface area (Å²) in [6.45, 7) is 5.87. The highest BCUT2D eigenvalue weighted by molar-refractivity contribution is 6.26. The van der Waals surface area contributed by atoms with Gasteiger partial charge in [-0.1, -0.05) is 31.4 Å². The first kappa shape index (κ1) is 35.0. The number of allylic oxidation sites excluding steroid dienone is 2. The van der Waals surface area contributed by atoms with Gasteiger partial charge in [-0.2, -0.15) is 19.4 Å². The van der Waals surface area contributed by atoms with E-state index < -0.39 is 5.95 Å². The Morgan fingerprint density at radius 1 is 0.702 bits per heavy atom. The van der Waals surface area contributed by atoms with Crippen LogP contribution >= 0.6 is 0 Å². The number of aryl methyl sites for hydroxylation is 2. The number of anilines is 5. The lowest BCUT2D eigenvalue weighted by molar-refractivity contribution is 0.443. The van der Waals surface area contributed by atoms with Gasteiger partial charge in [-0.15, -0.1) is 0 Å². The molecule has 0 amide bonds. The van der Waals surface area contributed by atoms with E-state index in [0.29, 0.717) is 41.0 Å². The van der Waals surface area contributed by atoms with E-state index in [1.165, 1.54) is 44.1 Å². The summed E-state index contributed by atoms with van der Waals surface area (Å²) in [7, 11) is 0. The molecule has 3 aromatic heterocycles. The van der Waals surface area contributed by atoms with Gasteiger partial charge >= 0.3 is 0 Å². The van der Waals surface area contributed by atoms with E-state index >= 15 is 0 Å². The molecule has 0 unspecified atom stereocenters. The third-order valence-electron chi connectivity index (χ3n) is 11.1. The van der Waals surface area contributed by atoms with Crippen LogP contribution in [0.3, 0.4) is 0 Å². The molecular formula is C44H42FN9O3. The number of piperidine rings is 1. The fourth-order valence-corrected chi connectivity index (χ4v) is 8.30. The minimum atomic E-state index is -0.769. The fourth-order valence-electron chi connectivity index (χ4n) is 8.30. The van der Waals surface area contributed by atoms with Crippen LogP contribution < -0.4 is 15.5 Å². The lowest BCUT2D eigenvalue weighted by atomic mass is 9.83. The maximum Gasteiger partial charge on any atom is 0.267 e. The second kappa shape index (κ2) is 14.5. The third-order valence-corrected chi connectivity index (χ3v) is 11.1. The third kappa shape index (κ3) is 6.98. The van der Waals surface area contributed by atoms with Gasteiger partial charge in [0, 0.05) is 42.0 Å². The number of nitrogens with zero attached hydrogens (tertiary/aromatic N) is 7. The number of halogens is 1. The minimum Gasteiger partial charge on any atom is -0.446 e. The Morgan fingerprint density at radius 3 is 2.11 bits per heavy atom. The highest BCUT2D eigenvalue weighted by atomic mass is 19.1. The Hall–Kier alpha value is -6.50. The van der Waals surface area contributed by atoms with E-state index in [4.69, 9.17) is 33.2 Å². The molecular weight excluding hydrogens is 722 g/mol. The van der Waals surface area contributed by atoms with E-state index in [1.807, 2.05) is 50.3 Å². The van der Waals surface area contributed by atoms with Crippen molar-refractivity contribution in [3.8, 4) is 0 Å². The molecule has 12 nitrogen and oxygen atoms in total. The molecule has 5 aliphatic rings. The van der Waals surface area contributed by atoms with Crippen LogP contribution in [0.2, 0.25) is 0 Å². The summed E-state index contributed by atoms with van der Waals surface area (Å²) >= 11 is 0. The molecule has 0 atom stereocenters. The smallest absolute Gasteiger partial charge is 0.267 e. The molecule has 2 N–H and O–H groups in total. The van der Waals surface area contributed by atoms with Crippen LogP contribution in [0.4, 0.5) is 33.2 Å². The number of hydrogen-bond acceptors (Lipinski definition) is 12. The van der Waals surface area contributed by atoms with E-state index in [9.17, 15) is 4.39 Å². The first-order chi connectivity index (χ1) is 27.9. The first-order valence-corrected chi connectivity index (χ1v) is 19.8. The van der Waals surface area contributed by atoms with Crippen molar-refractivity contribution in [3.05, 3.63) is 125 Å². The second-order valence-corrected chi connectivity index (χ2v) is 15.2. The molecule has 10 rings (SSSR count). The van der Waals surface area contributed by atoms with Crippen LogP contribution in [-0.4, -0.2) is 46.4 Å². The summed E-state index contributed by atoms with van der Waals surface area (Å²) in [4.78, 5) is 27.8. The summed E-state index contributed by atoms with van der Waals surface area (Å²) in [6.07, 6.45) is 14.6. The van der Waals surface area contributed by atoms with Crippen molar-refractivity contribution < 1.29 is 17.6 Å². The van der Waals surface area contributed by atoms with Crippen molar-refractivity contribution in [1.82, 2.24) is 9.88 Å². The van der Waals surface area contributed by atoms with Gasteiger partial charge in [0.25, 0.3) is 11.8 Å². The largest absolute Gasteiger partial charge is 0.446 e. The molecule has 1 aliphatic carbocycles. The predicted molar refractivity (Wildman–Crippen MR) is 221 cm³/mol. The molecule has 0 spiro atoms. The Balaban J connectivity index is 1.11. The molecule has 2 aromatic carbocycles. The van der Waals surface area contributed by atoms with Gasteiger partial charge in [0.1, 0.15) is 17.8 Å². The molecule has 7 heterocycles. The average molecular weight is 764 g/mol. The SMILES string of the molecule is Cc1ccc(Nc2cc(N3CCCCC3)ccc2C2=CC3=CC(c4ccc(C5CCCCC5)cc4Nc4ccc(C)o4)=NC4=NC(c5nc(F)co5)=NC(=N2)N34)o1. The lowest BCUT2D eigenvalue weighted by Gasteiger charge is -2.33. The van der Waals surface area contributed by atoms with Gasteiger partial charge in [0.15, 0.2) is 11.8 Å².